The smallest absolute Gasteiger partial charge is 0.414 e. The molecule has 3 aromatic heterocycles. The summed E-state index contributed by atoms with van der Waals surface area (Å²) in [6.07, 6.45) is 5.38. The molecule has 0 aliphatic carbocycles. The van der Waals surface area contributed by atoms with Crippen molar-refractivity contribution in [2.75, 3.05) is 51.5 Å². The minimum Gasteiger partial charge on any atom is -0.450 e. The van der Waals surface area contributed by atoms with E-state index in [1.165, 1.54) is 29.2 Å². The lowest BCUT2D eigenvalue weighted by molar-refractivity contribution is -0.505. The molecule has 18 nitrogen and oxygen atoms in total. The first-order valence-corrected chi connectivity index (χ1v) is 25.0. The number of nitroso groups, excluding NO2 is 1. The van der Waals surface area contributed by atoms with E-state index < -0.39 is 18.4 Å². The summed E-state index contributed by atoms with van der Waals surface area (Å²) in [6.45, 7) is 22.5. The van der Waals surface area contributed by atoms with Gasteiger partial charge in [0.25, 0.3) is 12.4 Å². The van der Waals surface area contributed by atoms with Crippen molar-refractivity contribution in [3.8, 4) is 5.75 Å². The Balaban J connectivity index is 0.000000289. The second-order valence-electron chi connectivity index (χ2n) is 19.8. The molecule has 3 aromatic carbocycles. The highest BCUT2D eigenvalue weighted by atomic mass is 16.6. The van der Waals surface area contributed by atoms with Gasteiger partial charge in [0, 0.05) is 68.1 Å². The lowest BCUT2D eigenvalue weighted by Gasteiger charge is -2.38. The van der Waals surface area contributed by atoms with Crippen molar-refractivity contribution >= 4 is 63.6 Å². The fourth-order valence-corrected chi connectivity index (χ4v) is 8.82. The second-order valence-corrected chi connectivity index (χ2v) is 19.8. The van der Waals surface area contributed by atoms with Crippen molar-refractivity contribution in [1.82, 2.24) is 29.3 Å². The molecule has 3 atom stereocenters. The van der Waals surface area contributed by atoms with Crippen LogP contribution in [0.25, 0.3) is 33.1 Å². The first kappa shape index (κ1) is 56.3. The molecule has 0 saturated carbocycles. The Morgan fingerprint density at radius 3 is 2.29 bits per heavy atom. The number of aromatic amines is 1. The van der Waals surface area contributed by atoms with Gasteiger partial charge in [0.05, 0.1) is 34.0 Å². The third-order valence-corrected chi connectivity index (χ3v) is 12.2. The SMILES string of the molecule is C=O.CC.CN(CCCCCc1nc(N2CCC[C@H]2COC(C)(C)C)c2oc3ccccc3c2n1)C(=O)Oc1ccc([N+](=O)CO)cc1.C[C@H]1CN(C(=O)OC(C)(C)C)CCC1n1c(=O)[nH]c2ccccc21. The predicted molar refractivity (Wildman–Crippen MR) is 280 cm³/mol. The summed E-state index contributed by atoms with van der Waals surface area (Å²) in [5.74, 6) is 2.13. The lowest BCUT2D eigenvalue weighted by Crippen LogP contribution is -2.46. The summed E-state index contributed by atoms with van der Waals surface area (Å²) < 4.78 is 25.6. The van der Waals surface area contributed by atoms with E-state index in [0.29, 0.717) is 43.2 Å². The van der Waals surface area contributed by atoms with Gasteiger partial charge in [-0.15, -0.1) is 0 Å². The molecule has 1 unspecified atom stereocenters. The van der Waals surface area contributed by atoms with Crippen LogP contribution in [-0.4, -0.2) is 122 Å². The normalized spacial score (nSPS) is 16.8. The summed E-state index contributed by atoms with van der Waals surface area (Å²) in [4.78, 5) is 75.2. The number of aromatic nitrogens is 4. The number of carbonyl (C=O) groups excluding carboxylic acids is 3. The fraction of sp³-hybridized carbons (Fsp3) is 0.519. The van der Waals surface area contributed by atoms with E-state index in [4.69, 9.17) is 38.5 Å². The van der Waals surface area contributed by atoms with E-state index in [2.05, 4.69) is 37.6 Å². The molecule has 0 spiro atoms. The van der Waals surface area contributed by atoms with Crippen molar-refractivity contribution in [3.63, 3.8) is 0 Å². The Morgan fingerprint density at radius 2 is 1.61 bits per heavy atom. The standard InChI is InChI=1S/C33H42N5O6.C18H25N3O3.C2H6.CH2O/c1-33(2,3)42-21-24-11-10-20-37(24)31-30-29(26-12-7-8-13-27(26)44-30)34-28(35-31)14-6-5-9-19-36(4)32(40)43-25-17-15-23(16-18-25)38(41)22-39;1-12-11-20(17(23)24-18(2,3)4)10-9-14(12)21-15-8-6-5-7-13(15)19-16(21)22;2*1-2/h7-8,12-13,15-18,24,39H,5-6,9-11,14,19-22H2,1-4H3;5-8,12,14H,9-11H2,1-4H3,(H,19,22);1-2H3;1H2/q+1;;;/t24-;12-,14?;;/m00../s1. The summed E-state index contributed by atoms with van der Waals surface area (Å²) in [5.41, 5.74) is 3.65. The molecule has 18 heteroatoms. The first-order valence-electron chi connectivity index (χ1n) is 25.0. The molecule has 5 heterocycles. The topological polar surface area (TPSA) is 206 Å². The quantitative estimate of drug-likeness (QED) is 0.0628. The number of carbonyl (C=O) groups is 3. The van der Waals surface area contributed by atoms with Crippen LogP contribution in [0.4, 0.5) is 21.1 Å². The minimum absolute atomic E-state index is 0.0762. The van der Waals surface area contributed by atoms with E-state index >= 15 is 0 Å². The molecule has 0 radical (unpaired) electrons. The molecule has 0 bridgehead atoms. The van der Waals surface area contributed by atoms with Crippen LogP contribution in [0.3, 0.4) is 0 Å². The number of piperidine rings is 1. The number of benzene rings is 3. The lowest BCUT2D eigenvalue weighted by atomic mass is 9.93. The molecule has 2 aliphatic rings. The van der Waals surface area contributed by atoms with Gasteiger partial charge >= 0.3 is 17.9 Å². The number of anilines is 1. The van der Waals surface area contributed by atoms with Crippen molar-refractivity contribution in [1.29, 1.82) is 0 Å². The number of unbranched alkanes of at least 4 members (excludes halogenated alkanes) is 2. The maximum Gasteiger partial charge on any atom is 0.414 e. The molecule has 2 saturated heterocycles. The number of furan rings is 1. The van der Waals surface area contributed by atoms with E-state index in [-0.39, 0.29) is 41.1 Å². The van der Waals surface area contributed by atoms with E-state index in [9.17, 15) is 19.3 Å². The number of imidazole rings is 1. The van der Waals surface area contributed by atoms with Crippen LogP contribution in [0.1, 0.15) is 113 Å². The average Bonchev–Trinajstić information content (AvgIpc) is 4.08. The van der Waals surface area contributed by atoms with Crippen LogP contribution in [0.15, 0.2) is 82.0 Å². The van der Waals surface area contributed by atoms with E-state index in [1.54, 1.807) is 11.9 Å². The zero-order valence-electron chi connectivity index (χ0n) is 43.8. The maximum absolute atomic E-state index is 12.5. The molecule has 2 N–H and O–H groups in total. The number of nitrogens with zero attached hydrogens (tertiary/aromatic N) is 7. The van der Waals surface area contributed by atoms with Crippen molar-refractivity contribution < 1.29 is 42.9 Å². The van der Waals surface area contributed by atoms with Gasteiger partial charge in [-0.2, -0.15) is 0 Å². The molecule has 6 aromatic rings. The zero-order valence-corrected chi connectivity index (χ0v) is 43.8. The minimum atomic E-state index is -0.643. The number of ether oxygens (including phenoxy) is 3. The highest BCUT2D eigenvalue weighted by molar-refractivity contribution is 6.05. The summed E-state index contributed by atoms with van der Waals surface area (Å²) in [5, 5.41) is 9.93. The van der Waals surface area contributed by atoms with Crippen LogP contribution in [0.5, 0.6) is 5.75 Å². The number of H-pyrrole nitrogens is 1. The zero-order chi connectivity index (χ0) is 52.8. The first-order chi connectivity index (χ1) is 34.4. The van der Waals surface area contributed by atoms with Crippen molar-refractivity contribution in [2.24, 2.45) is 5.92 Å². The van der Waals surface area contributed by atoms with Crippen molar-refractivity contribution in [2.45, 2.75) is 131 Å². The number of aliphatic hydroxyl groups is 1. The van der Waals surface area contributed by atoms with Gasteiger partial charge < -0.3 is 48.2 Å². The van der Waals surface area contributed by atoms with Gasteiger partial charge in [0.1, 0.15) is 35.1 Å². The monoisotopic (exact) mass is 996 g/mol. The summed E-state index contributed by atoms with van der Waals surface area (Å²) in [6, 6.07) is 22.0. The molecule has 8 rings (SSSR count). The average molecular weight is 996 g/mol. The molecular weight excluding hydrogens is 921 g/mol. The van der Waals surface area contributed by atoms with Gasteiger partial charge in [-0.25, -0.2) is 24.4 Å². The van der Waals surface area contributed by atoms with Gasteiger partial charge in [-0.05, 0) is 116 Å². The molecule has 72 heavy (non-hydrogen) atoms. The van der Waals surface area contributed by atoms with E-state index in [1.807, 2.05) is 94.5 Å². The Morgan fingerprint density at radius 1 is 0.917 bits per heavy atom. The Bertz CT molecular complexity index is 2770. The third kappa shape index (κ3) is 14.7. The number of aryl methyl sites for hydroxylation is 1. The number of hydrogen-bond acceptors (Lipinski definition) is 13. The predicted octanol–water partition coefficient (Wildman–Crippen LogP) is 10.4. The van der Waals surface area contributed by atoms with Gasteiger partial charge in [-0.3, -0.25) is 4.57 Å². The van der Waals surface area contributed by atoms with Crippen LogP contribution in [0, 0.1) is 10.8 Å². The van der Waals surface area contributed by atoms with Gasteiger partial charge in [-0.1, -0.05) is 51.5 Å². The second kappa shape index (κ2) is 25.6. The summed E-state index contributed by atoms with van der Waals surface area (Å²) in [7, 11) is 1.70. The highest BCUT2D eigenvalue weighted by Crippen LogP contribution is 2.37. The number of nitrogens with one attached hydrogen (secondary N) is 1. The molecular formula is C54H75N8O10+. The Kier molecular flexibility index (Phi) is 20.0. The number of para-hydroxylation sites is 3. The number of likely N-dealkylation sites (tertiary alicyclic amines) is 1. The molecule has 2 aliphatic heterocycles. The Hall–Kier alpha value is -6.66. The maximum atomic E-state index is 12.5. The number of aliphatic hydroxyl groups excluding tert-OH is 1. The molecule has 2 fully saturated rings. The third-order valence-electron chi connectivity index (χ3n) is 12.2. The largest absolute Gasteiger partial charge is 0.450 e. The molecule has 390 valence electrons. The van der Waals surface area contributed by atoms with Crippen LogP contribution in [-0.2, 0) is 20.7 Å². The summed E-state index contributed by atoms with van der Waals surface area (Å²) >= 11 is 0. The van der Waals surface area contributed by atoms with Crippen LogP contribution in [0.2, 0.25) is 0 Å². The molecule has 2 amide bonds. The fourth-order valence-electron chi connectivity index (χ4n) is 8.82. The number of amides is 2. The highest BCUT2D eigenvalue weighted by Gasteiger charge is 2.34. The number of rotatable bonds is 13. The van der Waals surface area contributed by atoms with Crippen molar-refractivity contribution in [3.05, 3.63) is 94.0 Å². The van der Waals surface area contributed by atoms with Crippen LogP contribution < -0.4 is 15.3 Å². The van der Waals surface area contributed by atoms with Gasteiger partial charge in [0.15, 0.2) is 11.4 Å². The van der Waals surface area contributed by atoms with E-state index in [0.717, 1.165) is 89.8 Å². The number of fused-ring (bicyclic) bond motifs is 4. The van der Waals surface area contributed by atoms with Gasteiger partial charge in [0.2, 0.25) is 0 Å². The number of hydrogen-bond donors (Lipinski definition) is 2. The van der Waals surface area contributed by atoms with Crippen LogP contribution >= 0.6 is 0 Å². The Labute approximate surface area is 422 Å².